The maximum atomic E-state index is 12.6. The van der Waals surface area contributed by atoms with Crippen LogP contribution < -0.4 is 0 Å². The molecule has 0 unspecified atom stereocenters. The van der Waals surface area contributed by atoms with Crippen LogP contribution in [0.5, 0.6) is 0 Å². The van der Waals surface area contributed by atoms with Gasteiger partial charge in [0.2, 0.25) is 0 Å². The molecule has 0 spiro atoms. The van der Waals surface area contributed by atoms with E-state index in [0.29, 0.717) is 5.56 Å². The van der Waals surface area contributed by atoms with Crippen LogP contribution in [0.15, 0.2) is 30.3 Å². The Balaban J connectivity index is 2.06. The molecule has 1 aliphatic carbocycles. The summed E-state index contributed by atoms with van der Waals surface area (Å²) in [5, 5.41) is 8.58. The first-order valence-corrected chi connectivity index (χ1v) is 6.64. The van der Waals surface area contributed by atoms with E-state index in [2.05, 4.69) is 0 Å². The molecule has 1 aromatic rings. The topological polar surface area (TPSA) is 40.5 Å². The smallest absolute Gasteiger partial charge is 0.401 e. The molecule has 0 radical (unpaired) electrons. The highest BCUT2D eigenvalue weighted by atomic mass is 19.4. The minimum Gasteiger partial charge on any atom is -0.478 e. The number of aliphatic carboxylic acids is 1. The first-order valence-electron chi connectivity index (χ1n) is 6.64. The summed E-state index contributed by atoms with van der Waals surface area (Å²) in [6.07, 6.45) is -0.169. The number of nitrogens with zero attached hydrogens (tertiary/aromatic N) is 1. The van der Waals surface area contributed by atoms with E-state index in [0.717, 1.165) is 24.5 Å². The van der Waals surface area contributed by atoms with Gasteiger partial charge in [0, 0.05) is 18.7 Å². The minimum atomic E-state index is -4.20. The number of benzene rings is 1. The second-order valence-electron chi connectivity index (χ2n) is 5.17. The fourth-order valence-electron chi connectivity index (χ4n) is 2.18. The molecule has 0 bridgehead atoms. The van der Waals surface area contributed by atoms with Gasteiger partial charge in [-0.1, -0.05) is 24.3 Å². The van der Waals surface area contributed by atoms with Crippen LogP contribution in [-0.4, -0.2) is 34.7 Å². The molecule has 1 fully saturated rings. The lowest BCUT2D eigenvalue weighted by atomic mass is 10.1. The second kappa shape index (κ2) is 6.30. The van der Waals surface area contributed by atoms with E-state index in [9.17, 15) is 18.0 Å². The number of carboxylic acid groups (broad SMARTS) is 1. The van der Waals surface area contributed by atoms with Crippen LogP contribution in [0, 0.1) is 0 Å². The molecule has 0 amide bonds. The molecule has 6 heteroatoms. The molecule has 1 N–H and O–H groups in total. The largest absolute Gasteiger partial charge is 0.478 e. The van der Waals surface area contributed by atoms with Gasteiger partial charge in [-0.2, -0.15) is 13.2 Å². The molecule has 0 heterocycles. The van der Waals surface area contributed by atoms with E-state index in [4.69, 9.17) is 5.11 Å². The molecule has 1 aromatic carbocycles. The normalized spacial score (nSPS) is 15.8. The van der Waals surface area contributed by atoms with Crippen molar-refractivity contribution in [3.8, 4) is 0 Å². The van der Waals surface area contributed by atoms with Crippen molar-refractivity contribution in [3.63, 3.8) is 0 Å². The van der Waals surface area contributed by atoms with E-state index in [1.54, 1.807) is 24.3 Å². The summed E-state index contributed by atoms with van der Waals surface area (Å²) in [6.45, 7) is -0.689. The fourth-order valence-corrected chi connectivity index (χ4v) is 2.18. The second-order valence-corrected chi connectivity index (χ2v) is 5.17. The summed E-state index contributed by atoms with van der Waals surface area (Å²) in [4.78, 5) is 11.9. The zero-order valence-electron chi connectivity index (χ0n) is 11.3. The van der Waals surface area contributed by atoms with Gasteiger partial charge < -0.3 is 5.11 Å². The molecule has 2 rings (SSSR count). The van der Waals surface area contributed by atoms with Crippen molar-refractivity contribution < 1.29 is 23.1 Å². The van der Waals surface area contributed by atoms with Crippen molar-refractivity contribution >= 4 is 12.0 Å². The number of carboxylic acids is 1. The van der Waals surface area contributed by atoms with Gasteiger partial charge >= 0.3 is 12.1 Å². The van der Waals surface area contributed by atoms with Gasteiger partial charge in [0.25, 0.3) is 0 Å². The van der Waals surface area contributed by atoms with E-state index < -0.39 is 18.7 Å². The lowest BCUT2D eigenvalue weighted by Gasteiger charge is -2.23. The molecule has 1 aliphatic rings. The van der Waals surface area contributed by atoms with Crippen molar-refractivity contribution in [1.29, 1.82) is 0 Å². The third kappa shape index (κ3) is 5.59. The van der Waals surface area contributed by atoms with Gasteiger partial charge in [0.05, 0.1) is 6.54 Å². The Labute approximate surface area is 120 Å². The monoisotopic (exact) mass is 299 g/mol. The fraction of sp³-hybridized carbons (Fsp3) is 0.400. The number of hydrogen-bond donors (Lipinski definition) is 1. The lowest BCUT2D eigenvalue weighted by Crippen LogP contribution is -2.35. The average molecular weight is 299 g/mol. The zero-order chi connectivity index (χ0) is 15.5. The summed E-state index contributed by atoms with van der Waals surface area (Å²) in [5.74, 6) is -1.06. The van der Waals surface area contributed by atoms with Crippen LogP contribution >= 0.6 is 0 Å². The highest BCUT2D eigenvalue weighted by molar-refractivity contribution is 5.85. The molecular weight excluding hydrogens is 283 g/mol. The molecule has 1 saturated carbocycles. The van der Waals surface area contributed by atoms with Gasteiger partial charge in [-0.15, -0.1) is 0 Å². The van der Waals surface area contributed by atoms with Crippen molar-refractivity contribution in [2.75, 3.05) is 6.54 Å². The Bertz CT molecular complexity index is 536. The van der Waals surface area contributed by atoms with Gasteiger partial charge in [0.15, 0.2) is 0 Å². The van der Waals surface area contributed by atoms with Crippen molar-refractivity contribution in [3.05, 3.63) is 41.5 Å². The Hall–Kier alpha value is -1.82. The van der Waals surface area contributed by atoms with Crippen LogP contribution in [0.3, 0.4) is 0 Å². The number of rotatable bonds is 6. The zero-order valence-corrected chi connectivity index (χ0v) is 11.3. The van der Waals surface area contributed by atoms with Crippen LogP contribution in [0.25, 0.3) is 6.08 Å². The Morgan fingerprint density at radius 3 is 2.67 bits per heavy atom. The molecule has 3 nitrogen and oxygen atoms in total. The number of alkyl halides is 3. The van der Waals surface area contributed by atoms with Gasteiger partial charge in [-0.05, 0) is 30.0 Å². The highest BCUT2D eigenvalue weighted by Gasteiger charge is 2.37. The maximum absolute atomic E-state index is 12.6. The van der Waals surface area contributed by atoms with Gasteiger partial charge in [-0.3, -0.25) is 4.90 Å². The summed E-state index contributed by atoms with van der Waals surface area (Å²) < 4.78 is 37.7. The van der Waals surface area contributed by atoms with Crippen LogP contribution in [0.4, 0.5) is 13.2 Å². The molecule has 21 heavy (non-hydrogen) atoms. The quantitative estimate of drug-likeness (QED) is 0.819. The van der Waals surface area contributed by atoms with E-state index in [1.165, 1.54) is 11.0 Å². The van der Waals surface area contributed by atoms with Crippen molar-refractivity contribution in [2.45, 2.75) is 31.6 Å². The van der Waals surface area contributed by atoms with Crippen LogP contribution in [-0.2, 0) is 11.3 Å². The Kier molecular flexibility index (Phi) is 4.67. The molecule has 0 saturated heterocycles. The predicted molar refractivity (Wildman–Crippen MR) is 72.6 cm³/mol. The van der Waals surface area contributed by atoms with Gasteiger partial charge in [0.1, 0.15) is 0 Å². The van der Waals surface area contributed by atoms with E-state index in [1.807, 2.05) is 0 Å². The third-order valence-corrected chi connectivity index (χ3v) is 3.20. The lowest BCUT2D eigenvalue weighted by molar-refractivity contribution is -0.148. The van der Waals surface area contributed by atoms with Crippen LogP contribution in [0.2, 0.25) is 0 Å². The number of carbonyl (C=O) groups is 1. The molecule has 0 aromatic heterocycles. The Morgan fingerprint density at radius 2 is 2.10 bits per heavy atom. The summed E-state index contributed by atoms with van der Waals surface area (Å²) in [5.41, 5.74) is 1.41. The van der Waals surface area contributed by atoms with E-state index in [-0.39, 0.29) is 12.6 Å². The summed E-state index contributed by atoms with van der Waals surface area (Å²) in [6, 6.07) is 6.91. The van der Waals surface area contributed by atoms with Gasteiger partial charge in [-0.25, -0.2) is 4.79 Å². The molecule has 0 aliphatic heterocycles. The molecular formula is C15H16F3NO2. The molecule has 114 valence electrons. The maximum Gasteiger partial charge on any atom is 0.401 e. The third-order valence-electron chi connectivity index (χ3n) is 3.20. The highest BCUT2D eigenvalue weighted by Crippen LogP contribution is 2.31. The summed E-state index contributed by atoms with van der Waals surface area (Å²) >= 11 is 0. The standard InChI is InChI=1S/C15H16F3NO2/c16-15(17,18)10-19(13-5-6-13)9-12-3-1-2-11(8-12)4-7-14(20)21/h1-4,7-8,13H,5-6,9-10H2,(H,20,21). The van der Waals surface area contributed by atoms with Crippen molar-refractivity contribution in [1.82, 2.24) is 4.90 Å². The predicted octanol–water partition coefficient (Wildman–Crippen LogP) is 3.31. The first kappa shape index (κ1) is 15.6. The van der Waals surface area contributed by atoms with Crippen LogP contribution in [0.1, 0.15) is 24.0 Å². The van der Waals surface area contributed by atoms with E-state index >= 15 is 0 Å². The van der Waals surface area contributed by atoms with Crippen molar-refractivity contribution in [2.24, 2.45) is 0 Å². The molecule has 0 atom stereocenters. The number of hydrogen-bond acceptors (Lipinski definition) is 2. The SMILES string of the molecule is O=C(O)C=Cc1cccc(CN(CC(F)(F)F)C2CC2)c1. The Morgan fingerprint density at radius 1 is 1.38 bits per heavy atom. The number of halogens is 3. The minimum absolute atomic E-state index is 0.00448. The average Bonchev–Trinajstić information content (AvgIpc) is 3.18. The first-order chi connectivity index (χ1) is 9.83. The summed E-state index contributed by atoms with van der Waals surface area (Å²) in [7, 11) is 0.